The quantitative estimate of drug-likeness (QED) is 0.767. The summed E-state index contributed by atoms with van der Waals surface area (Å²) in [4.78, 5) is 24.1. The topological polar surface area (TPSA) is 89.2 Å². The fourth-order valence-electron chi connectivity index (χ4n) is 1.57. The van der Waals surface area contributed by atoms with Gasteiger partial charge in [0.2, 0.25) is 11.8 Å². The fourth-order valence-corrected chi connectivity index (χ4v) is 1.86. The average Bonchev–Trinajstić information content (AvgIpc) is 2.62. The Kier molecular flexibility index (Phi) is 3.03. The van der Waals surface area contributed by atoms with Crippen molar-refractivity contribution in [2.45, 2.75) is 6.42 Å². The van der Waals surface area contributed by atoms with Crippen LogP contribution in [-0.4, -0.2) is 28.6 Å². The van der Waals surface area contributed by atoms with Crippen LogP contribution in [0.15, 0.2) is 12.1 Å². The molecule has 2 heterocycles. The summed E-state index contributed by atoms with van der Waals surface area (Å²) in [6, 6.07) is 3.46. The first-order chi connectivity index (χ1) is 7.58. The summed E-state index contributed by atoms with van der Waals surface area (Å²) in [5.74, 6) is -0.545. The van der Waals surface area contributed by atoms with Crippen LogP contribution in [0, 0.1) is 9.62 Å². The fraction of sp³-hybridized carbons (Fsp3) is 0.333. The molecular weight excluding hydrogens is 323 g/mol. The van der Waals surface area contributed by atoms with Crippen molar-refractivity contribution in [1.82, 2.24) is 10.2 Å². The molecule has 2 N–H and O–H groups in total. The Bertz CT molecular complexity index is 434. The van der Waals surface area contributed by atoms with E-state index in [0.29, 0.717) is 12.4 Å². The van der Waals surface area contributed by atoms with Gasteiger partial charge in [-0.15, -0.1) is 10.2 Å². The van der Waals surface area contributed by atoms with E-state index in [4.69, 9.17) is 5.73 Å². The van der Waals surface area contributed by atoms with E-state index in [0.717, 1.165) is 3.70 Å². The Morgan fingerprint density at radius 3 is 2.75 bits per heavy atom. The van der Waals surface area contributed by atoms with Crippen LogP contribution in [0.3, 0.4) is 0 Å². The van der Waals surface area contributed by atoms with Crippen LogP contribution in [0.5, 0.6) is 0 Å². The summed E-state index contributed by atoms with van der Waals surface area (Å²) < 4.78 is 0.749. The number of hydrogen-bond acceptors (Lipinski definition) is 4. The van der Waals surface area contributed by atoms with Gasteiger partial charge in [0, 0.05) is 13.0 Å². The molecule has 6 nitrogen and oxygen atoms in total. The normalized spacial score (nSPS) is 20.2. The number of nitrogens with two attached hydrogens (primary N) is 1. The van der Waals surface area contributed by atoms with E-state index >= 15 is 0 Å². The van der Waals surface area contributed by atoms with E-state index in [2.05, 4.69) is 10.2 Å². The van der Waals surface area contributed by atoms with Crippen LogP contribution < -0.4 is 10.6 Å². The van der Waals surface area contributed by atoms with Crippen LogP contribution in [0.4, 0.5) is 5.82 Å². The number of amides is 2. The van der Waals surface area contributed by atoms with Gasteiger partial charge in [-0.1, -0.05) is 0 Å². The number of carbonyl (C=O) groups excluding carboxylic acids is 2. The second-order valence-electron chi connectivity index (χ2n) is 3.52. The summed E-state index contributed by atoms with van der Waals surface area (Å²) >= 11 is 2.03. The monoisotopic (exact) mass is 332 g/mol. The molecule has 16 heavy (non-hydrogen) atoms. The van der Waals surface area contributed by atoms with Gasteiger partial charge in [-0.3, -0.25) is 14.5 Å². The molecule has 1 unspecified atom stereocenters. The van der Waals surface area contributed by atoms with Crippen molar-refractivity contribution in [3.05, 3.63) is 15.8 Å². The van der Waals surface area contributed by atoms with Gasteiger partial charge in [0.25, 0.3) is 0 Å². The standard InChI is InChI=1S/C9H9IN4O2/c10-6-1-2-7(13-12-6)14-4-5(9(11)16)3-8(14)15/h1-2,5H,3-4H2,(H2,11,16). The molecule has 84 valence electrons. The molecule has 1 fully saturated rings. The third kappa shape index (κ3) is 2.13. The van der Waals surface area contributed by atoms with Crippen molar-refractivity contribution in [3.63, 3.8) is 0 Å². The van der Waals surface area contributed by atoms with Gasteiger partial charge < -0.3 is 5.73 Å². The molecule has 1 saturated heterocycles. The molecule has 0 bridgehead atoms. The second-order valence-corrected chi connectivity index (χ2v) is 4.63. The summed E-state index contributed by atoms with van der Waals surface area (Å²) in [6.45, 7) is 0.295. The molecule has 0 spiro atoms. The van der Waals surface area contributed by atoms with E-state index in [1.54, 1.807) is 12.1 Å². The van der Waals surface area contributed by atoms with Crippen molar-refractivity contribution in [2.75, 3.05) is 11.4 Å². The molecule has 1 atom stereocenters. The second kappa shape index (κ2) is 4.32. The van der Waals surface area contributed by atoms with Crippen LogP contribution in [0.25, 0.3) is 0 Å². The predicted octanol–water partition coefficient (Wildman–Crippen LogP) is -0.0806. The Morgan fingerprint density at radius 1 is 1.50 bits per heavy atom. The number of nitrogens with zero attached hydrogens (tertiary/aromatic N) is 3. The number of halogens is 1. The third-order valence-electron chi connectivity index (χ3n) is 2.42. The lowest BCUT2D eigenvalue weighted by Gasteiger charge is -2.13. The van der Waals surface area contributed by atoms with E-state index < -0.39 is 11.8 Å². The Morgan fingerprint density at radius 2 is 2.25 bits per heavy atom. The highest BCUT2D eigenvalue weighted by Gasteiger charge is 2.34. The van der Waals surface area contributed by atoms with Gasteiger partial charge in [0.05, 0.1) is 5.92 Å². The molecule has 1 aromatic heterocycles. The molecule has 7 heteroatoms. The zero-order valence-electron chi connectivity index (χ0n) is 8.26. The molecule has 0 aromatic carbocycles. The molecule has 2 amide bonds. The number of hydrogen-bond donors (Lipinski definition) is 1. The van der Waals surface area contributed by atoms with Gasteiger partial charge in [0.15, 0.2) is 5.82 Å². The lowest BCUT2D eigenvalue weighted by Crippen LogP contribution is -2.29. The predicted molar refractivity (Wildman–Crippen MR) is 64.4 cm³/mol. The van der Waals surface area contributed by atoms with Crippen LogP contribution in [0.2, 0.25) is 0 Å². The van der Waals surface area contributed by atoms with Crippen molar-refractivity contribution in [3.8, 4) is 0 Å². The highest BCUT2D eigenvalue weighted by Crippen LogP contribution is 2.22. The number of aromatic nitrogens is 2. The Balaban J connectivity index is 2.20. The molecular formula is C9H9IN4O2. The Hall–Kier alpha value is -1.25. The van der Waals surface area contributed by atoms with E-state index in [9.17, 15) is 9.59 Å². The minimum atomic E-state index is -0.450. The van der Waals surface area contributed by atoms with Crippen molar-refractivity contribution in [1.29, 1.82) is 0 Å². The molecule has 1 aromatic rings. The maximum Gasteiger partial charge on any atom is 0.229 e. The van der Waals surface area contributed by atoms with Crippen molar-refractivity contribution >= 4 is 40.2 Å². The number of rotatable bonds is 2. The first-order valence-corrected chi connectivity index (χ1v) is 5.74. The zero-order valence-corrected chi connectivity index (χ0v) is 10.4. The highest BCUT2D eigenvalue weighted by molar-refractivity contribution is 14.1. The number of anilines is 1. The van der Waals surface area contributed by atoms with E-state index in [1.807, 2.05) is 22.6 Å². The first kappa shape index (κ1) is 11.2. The summed E-state index contributed by atoms with van der Waals surface area (Å²) in [7, 11) is 0. The van der Waals surface area contributed by atoms with Gasteiger partial charge in [-0.25, -0.2) is 0 Å². The van der Waals surface area contributed by atoms with E-state index in [-0.39, 0.29) is 12.3 Å². The SMILES string of the molecule is NC(=O)C1CC(=O)N(c2ccc(I)nn2)C1. The lowest BCUT2D eigenvalue weighted by atomic mass is 10.1. The third-order valence-corrected chi connectivity index (χ3v) is 3.00. The van der Waals surface area contributed by atoms with Crippen LogP contribution in [-0.2, 0) is 9.59 Å². The molecule has 0 radical (unpaired) electrons. The average molecular weight is 332 g/mol. The van der Waals surface area contributed by atoms with Gasteiger partial charge in [-0.05, 0) is 34.7 Å². The lowest BCUT2D eigenvalue weighted by molar-refractivity contribution is -0.123. The molecule has 1 aliphatic heterocycles. The van der Waals surface area contributed by atoms with Gasteiger partial charge in [-0.2, -0.15) is 0 Å². The first-order valence-electron chi connectivity index (χ1n) is 4.67. The molecule has 0 saturated carbocycles. The number of carbonyl (C=O) groups is 2. The maximum absolute atomic E-state index is 11.6. The van der Waals surface area contributed by atoms with Crippen LogP contribution >= 0.6 is 22.6 Å². The Labute approximate surface area is 105 Å². The van der Waals surface area contributed by atoms with Crippen LogP contribution in [0.1, 0.15) is 6.42 Å². The van der Waals surface area contributed by atoms with E-state index in [1.165, 1.54) is 4.90 Å². The summed E-state index contributed by atoms with van der Waals surface area (Å²) in [5.41, 5.74) is 5.17. The minimum Gasteiger partial charge on any atom is -0.369 e. The maximum atomic E-state index is 11.6. The summed E-state index contributed by atoms with van der Waals surface area (Å²) in [5, 5.41) is 7.75. The smallest absolute Gasteiger partial charge is 0.229 e. The van der Waals surface area contributed by atoms with Gasteiger partial charge >= 0.3 is 0 Å². The largest absolute Gasteiger partial charge is 0.369 e. The van der Waals surface area contributed by atoms with Crippen molar-refractivity contribution in [2.24, 2.45) is 11.7 Å². The number of primary amides is 1. The minimum absolute atomic E-state index is 0.140. The van der Waals surface area contributed by atoms with Crippen molar-refractivity contribution < 1.29 is 9.59 Å². The zero-order chi connectivity index (χ0) is 11.7. The molecule has 1 aliphatic rings. The molecule has 0 aliphatic carbocycles. The highest BCUT2D eigenvalue weighted by atomic mass is 127. The van der Waals surface area contributed by atoms with Gasteiger partial charge in [0.1, 0.15) is 3.70 Å². The molecule has 2 rings (SSSR count). The summed E-state index contributed by atoms with van der Waals surface area (Å²) in [6.07, 6.45) is 0.156.